The maximum absolute atomic E-state index is 11.8. The topological polar surface area (TPSA) is 109 Å². The normalized spacial score (nSPS) is 22.7. The van der Waals surface area contributed by atoms with Gasteiger partial charge in [0.25, 0.3) is 0 Å². The Morgan fingerprint density at radius 2 is 2.17 bits per heavy atom. The quantitative estimate of drug-likeness (QED) is 0.707. The Hall–Kier alpha value is -2.41. The highest BCUT2D eigenvalue weighted by Gasteiger charge is 2.14. The van der Waals surface area contributed by atoms with Crippen LogP contribution in [0.5, 0.6) is 0 Å². The molecule has 0 aromatic carbocycles. The second-order valence-electron chi connectivity index (χ2n) is 4.18. The second-order valence-corrected chi connectivity index (χ2v) is 4.18. The lowest BCUT2D eigenvalue weighted by atomic mass is 10.0. The standard InChI is InChI=1S/C11H13N5O2/c1-11(13)5-2-3-8(4-6-11)16-10(18)15(7-14-16)9(12)17/h2-7H,13H2,1H3,(H2,12,17). The molecule has 1 atom stereocenters. The highest BCUT2D eigenvalue weighted by Crippen LogP contribution is 2.13. The fourth-order valence-electron chi connectivity index (χ4n) is 1.50. The number of primary amides is 1. The van der Waals surface area contributed by atoms with E-state index in [-0.39, 0.29) is 0 Å². The maximum atomic E-state index is 11.8. The van der Waals surface area contributed by atoms with Crippen molar-refractivity contribution in [3.05, 3.63) is 47.2 Å². The van der Waals surface area contributed by atoms with Crippen LogP contribution in [0.4, 0.5) is 4.79 Å². The summed E-state index contributed by atoms with van der Waals surface area (Å²) in [5.74, 6) is 0. The number of amides is 1. The van der Waals surface area contributed by atoms with Gasteiger partial charge < -0.3 is 11.5 Å². The van der Waals surface area contributed by atoms with Crippen LogP contribution in [0, 0.1) is 0 Å². The van der Waals surface area contributed by atoms with Crippen molar-refractivity contribution >= 4 is 11.7 Å². The first-order valence-electron chi connectivity index (χ1n) is 5.25. The van der Waals surface area contributed by atoms with Crippen LogP contribution in [0.1, 0.15) is 6.92 Å². The van der Waals surface area contributed by atoms with Crippen molar-refractivity contribution in [2.24, 2.45) is 11.5 Å². The SMILES string of the molecule is CC1(N)C=CC=C(n2ncn(C(N)=O)c2=O)C=C1. The van der Waals surface area contributed by atoms with E-state index in [1.54, 1.807) is 30.4 Å². The van der Waals surface area contributed by atoms with E-state index in [9.17, 15) is 9.59 Å². The minimum absolute atomic E-state index is 0.505. The fraction of sp³-hybridized carbons (Fsp3) is 0.182. The molecule has 0 bridgehead atoms. The molecule has 1 aliphatic rings. The summed E-state index contributed by atoms with van der Waals surface area (Å²) in [6.07, 6.45) is 9.67. The number of carbonyl (C=O) groups excluding carboxylic acids is 1. The number of carbonyl (C=O) groups is 1. The summed E-state index contributed by atoms with van der Waals surface area (Å²) in [5, 5.41) is 3.82. The summed E-state index contributed by atoms with van der Waals surface area (Å²) in [6.45, 7) is 1.82. The lowest BCUT2D eigenvalue weighted by molar-refractivity contribution is 0.249. The molecule has 94 valence electrons. The van der Waals surface area contributed by atoms with Gasteiger partial charge in [0.1, 0.15) is 6.33 Å². The minimum Gasteiger partial charge on any atom is -0.351 e. The summed E-state index contributed by atoms with van der Waals surface area (Å²) in [4.78, 5) is 22.8. The van der Waals surface area contributed by atoms with Crippen LogP contribution in [0.3, 0.4) is 0 Å². The monoisotopic (exact) mass is 247 g/mol. The van der Waals surface area contributed by atoms with E-state index < -0.39 is 17.3 Å². The lowest BCUT2D eigenvalue weighted by Crippen LogP contribution is -2.32. The van der Waals surface area contributed by atoms with E-state index in [0.717, 1.165) is 15.6 Å². The first kappa shape index (κ1) is 12.1. The zero-order valence-electron chi connectivity index (χ0n) is 9.78. The van der Waals surface area contributed by atoms with Crippen LogP contribution in [-0.2, 0) is 0 Å². The maximum Gasteiger partial charge on any atom is 0.358 e. The van der Waals surface area contributed by atoms with E-state index >= 15 is 0 Å². The van der Waals surface area contributed by atoms with Crippen LogP contribution >= 0.6 is 0 Å². The van der Waals surface area contributed by atoms with E-state index in [0.29, 0.717) is 5.70 Å². The van der Waals surface area contributed by atoms with Crippen LogP contribution in [0.2, 0.25) is 0 Å². The lowest BCUT2D eigenvalue weighted by Gasteiger charge is -2.12. The summed E-state index contributed by atoms with van der Waals surface area (Å²) in [6, 6.07) is -0.872. The van der Waals surface area contributed by atoms with Gasteiger partial charge in [-0.3, -0.25) is 0 Å². The summed E-state index contributed by atoms with van der Waals surface area (Å²) < 4.78 is 1.80. The van der Waals surface area contributed by atoms with Gasteiger partial charge in [-0.15, -0.1) is 0 Å². The Morgan fingerprint density at radius 3 is 2.78 bits per heavy atom. The molecule has 1 aliphatic carbocycles. The number of nitrogens with two attached hydrogens (primary N) is 2. The molecule has 0 spiro atoms. The van der Waals surface area contributed by atoms with Crippen molar-refractivity contribution in [2.45, 2.75) is 12.5 Å². The van der Waals surface area contributed by atoms with Crippen LogP contribution in [0.25, 0.3) is 5.70 Å². The molecule has 0 saturated heterocycles. The van der Waals surface area contributed by atoms with Crippen molar-refractivity contribution in [1.29, 1.82) is 0 Å². The van der Waals surface area contributed by atoms with Crippen LogP contribution in [0.15, 0.2) is 41.5 Å². The zero-order chi connectivity index (χ0) is 13.3. The first-order chi connectivity index (χ1) is 8.41. The Labute approximate surface area is 103 Å². The van der Waals surface area contributed by atoms with Gasteiger partial charge >= 0.3 is 11.7 Å². The van der Waals surface area contributed by atoms with Gasteiger partial charge in [-0.1, -0.05) is 18.2 Å². The van der Waals surface area contributed by atoms with Crippen molar-refractivity contribution in [3.8, 4) is 0 Å². The molecule has 1 aromatic heterocycles. The van der Waals surface area contributed by atoms with Crippen LogP contribution < -0.4 is 17.2 Å². The van der Waals surface area contributed by atoms with Crippen LogP contribution in [-0.4, -0.2) is 25.9 Å². The van der Waals surface area contributed by atoms with Gasteiger partial charge in [-0.25, -0.2) is 9.59 Å². The third-order valence-electron chi connectivity index (χ3n) is 2.49. The molecule has 1 unspecified atom stereocenters. The largest absolute Gasteiger partial charge is 0.358 e. The molecule has 7 nitrogen and oxygen atoms in total. The van der Waals surface area contributed by atoms with Crippen molar-refractivity contribution in [2.75, 3.05) is 0 Å². The van der Waals surface area contributed by atoms with Crippen molar-refractivity contribution in [3.63, 3.8) is 0 Å². The minimum atomic E-state index is -0.872. The Bertz CT molecular complexity index is 630. The summed E-state index contributed by atoms with van der Waals surface area (Å²) in [5.41, 5.74) is 10.2. The Kier molecular flexibility index (Phi) is 2.76. The Morgan fingerprint density at radius 1 is 1.44 bits per heavy atom. The molecule has 0 saturated carbocycles. The van der Waals surface area contributed by atoms with E-state index in [1.807, 2.05) is 6.92 Å². The molecular formula is C11H13N5O2. The molecule has 2 rings (SSSR count). The average Bonchev–Trinajstić information content (AvgIpc) is 2.56. The highest BCUT2D eigenvalue weighted by molar-refractivity contribution is 5.74. The van der Waals surface area contributed by atoms with E-state index in [4.69, 9.17) is 11.5 Å². The summed E-state index contributed by atoms with van der Waals surface area (Å²) in [7, 11) is 0. The number of hydrogen-bond acceptors (Lipinski definition) is 4. The van der Waals surface area contributed by atoms with Gasteiger partial charge in [0, 0.05) is 0 Å². The van der Waals surface area contributed by atoms with Gasteiger partial charge in [0.2, 0.25) is 0 Å². The van der Waals surface area contributed by atoms with Crippen molar-refractivity contribution in [1.82, 2.24) is 14.3 Å². The van der Waals surface area contributed by atoms with Gasteiger partial charge in [-0.2, -0.15) is 14.3 Å². The number of hydrogen-bond donors (Lipinski definition) is 2. The molecule has 0 aliphatic heterocycles. The van der Waals surface area contributed by atoms with E-state index in [2.05, 4.69) is 5.10 Å². The molecule has 1 aromatic rings. The smallest absolute Gasteiger partial charge is 0.351 e. The number of nitrogens with zero attached hydrogens (tertiary/aromatic N) is 3. The molecule has 1 amide bonds. The van der Waals surface area contributed by atoms with Gasteiger partial charge in [0.05, 0.1) is 11.2 Å². The number of allylic oxidation sites excluding steroid dienone is 4. The molecule has 1 heterocycles. The molecule has 18 heavy (non-hydrogen) atoms. The predicted octanol–water partition coefficient (Wildman–Crippen LogP) is -0.344. The molecule has 0 fully saturated rings. The van der Waals surface area contributed by atoms with E-state index in [1.165, 1.54) is 0 Å². The van der Waals surface area contributed by atoms with Gasteiger partial charge in [-0.05, 0) is 19.1 Å². The molecular weight excluding hydrogens is 234 g/mol. The first-order valence-corrected chi connectivity index (χ1v) is 5.25. The molecule has 7 heteroatoms. The average molecular weight is 247 g/mol. The zero-order valence-corrected chi connectivity index (χ0v) is 9.78. The Balaban J connectivity index is 2.46. The number of rotatable bonds is 1. The molecule has 0 radical (unpaired) electrons. The third kappa shape index (κ3) is 2.16. The molecule has 4 N–H and O–H groups in total. The fourth-order valence-corrected chi connectivity index (χ4v) is 1.50. The van der Waals surface area contributed by atoms with Crippen molar-refractivity contribution < 1.29 is 4.79 Å². The predicted molar refractivity (Wildman–Crippen MR) is 66.6 cm³/mol. The third-order valence-corrected chi connectivity index (χ3v) is 2.49. The van der Waals surface area contributed by atoms with Gasteiger partial charge in [0.15, 0.2) is 0 Å². The summed E-state index contributed by atoms with van der Waals surface area (Å²) >= 11 is 0. The number of aromatic nitrogens is 3. The second kappa shape index (κ2) is 4.11. The highest BCUT2D eigenvalue weighted by atomic mass is 16.2.